The Hall–Kier alpha value is -0.320. The van der Waals surface area contributed by atoms with E-state index in [2.05, 4.69) is 25.3 Å². The molecule has 122 valence electrons. The quantitative estimate of drug-likeness (QED) is 0.290. The average molecular weight is 381 g/mol. The second-order valence-corrected chi connectivity index (χ2v) is 8.80. The molecule has 0 bridgehead atoms. The van der Waals surface area contributed by atoms with Crippen LogP contribution in [0.4, 0.5) is 0 Å². The SMILES string of the molecule is O=C1CC(S)C(=O)N1CCSSCCN1C(=O)CC(S)C1=O. The molecule has 2 unspecified atom stereocenters. The maximum absolute atomic E-state index is 11.6. The van der Waals surface area contributed by atoms with Crippen LogP contribution in [-0.2, 0) is 19.2 Å². The van der Waals surface area contributed by atoms with Gasteiger partial charge in [-0.15, -0.1) is 0 Å². The Bertz CT molecular complexity index is 458. The third kappa shape index (κ3) is 4.15. The molecule has 2 aliphatic rings. The topological polar surface area (TPSA) is 74.8 Å². The molecule has 0 saturated carbocycles. The molecule has 2 fully saturated rings. The van der Waals surface area contributed by atoms with E-state index in [1.54, 1.807) is 0 Å². The van der Waals surface area contributed by atoms with Gasteiger partial charge in [-0.3, -0.25) is 29.0 Å². The number of likely N-dealkylation sites (tertiary alicyclic amines) is 2. The number of thiol groups is 2. The molecule has 2 atom stereocenters. The van der Waals surface area contributed by atoms with Crippen molar-refractivity contribution in [2.24, 2.45) is 0 Å². The predicted molar refractivity (Wildman–Crippen MR) is 93.1 cm³/mol. The molecule has 2 heterocycles. The fraction of sp³-hybridized carbons (Fsp3) is 0.667. The van der Waals surface area contributed by atoms with Crippen LogP contribution < -0.4 is 0 Å². The second-order valence-electron chi connectivity index (χ2n) is 4.85. The lowest BCUT2D eigenvalue weighted by Crippen LogP contribution is -2.33. The standard InChI is InChI=1S/C12H16N2O4S4/c15-9-5-7(19)11(17)13(9)1-3-21-22-4-2-14-10(16)6-8(20)12(14)18/h7-8,19-20H,1-6H2. The zero-order chi connectivity index (χ0) is 16.3. The lowest BCUT2D eigenvalue weighted by atomic mass is 10.4. The summed E-state index contributed by atoms with van der Waals surface area (Å²) in [6, 6.07) is 0. The summed E-state index contributed by atoms with van der Waals surface area (Å²) in [5, 5.41) is -1.02. The number of imide groups is 2. The van der Waals surface area contributed by atoms with Crippen LogP contribution in [0.2, 0.25) is 0 Å². The lowest BCUT2D eigenvalue weighted by Gasteiger charge is -2.15. The summed E-state index contributed by atoms with van der Waals surface area (Å²) < 4.78 is 0. The van der Waals surface area contributed by atoms with Crippen molar-refractivity contribution in [3.05, 3.63) is 0 Å². The van der Waals surface area contributed by atoms with Gasteiger partial charge in [-0.25, -0.2) is 0 Å². The van der Waals surface area contributed by atoms with Gasteiger partial charge in [0.05, 0.1) is 10.5 Å². The Morgan fingerprint density at radius 3 is 1.45 bits per heavy atom. The molecule has 0 radical (unpaired) electrons. The van der Waals surface area contributed by atoms with Crippen LogP contribution in [0.25, 0.3) is 0 Å². The van der Waals surface area contributed by atoms with Gasteiger partial charge in [0, 0.05) is 37.4 Å². The highest BCUT2D eigenvalue weighted by Gasteiger charge is 2.36. The second kappa shape index (κ2) is 7.98. The summed E-state index contributed by atoms with van der Waals surface area (Å²) in [7, 11) is 3.02. The molecule has 22 heavy (non-hydrogen) atoms. The number of carbonyl (C=O) groups is 4. The van der Waals surface area contributed by atoms with E-state index in [0.29, 0.717) is 24.6 Å². The molecule has 10 heteroatoms. The van der Waals surface area contributed by atoms with Crippen LogP contribution in [0.5, 0.6) is 0 Å². The largest absolute Gasteiger partial charge is 0.281 e. The Labute approximate surface area is 147 Å². The van der Waals surface area contributed by atoms with Crippen molar-refractivity contribution in [3.8, 4) is 0 Å². The molecule has 4 amide bonds. The van der Waals surface area contributed by atoms with Crippen molar-refractivity contribution < 1.29 is 19.2 Å². The highest BCUT2D eigenvalue weighted by atomic mass is 33.1. The van der Waals surface area contributed by atoms with E-state index >= 15 is 0 Å². The van der Waals surface area contributed by atoms with Gasteiger partial charge in [0.15, 0.2) is 0 Å². The summed E-state index contributed by atoms with van der Waals surface area (Å²) in [5.41, 5.74) is 0. The van der Waals surface area contributed by atoms with Crippen molar-refractivity contribution in [2.45, 2.75) is 23.3 Å². The van der Waals surface area contributed by atoms with Gasteiger partial charge in [0.2, 0.25) is 23.6 Å². The van der Waals surface area contributed by atoms with Gasteiger partial charge < -0.3 is 0 Å². The highest BCUT2D eigenvalue weighted by Crippen LogP contribution is 2.25. The van der Waals surface area contributed by atoms with Crippen LogP contribution in [0.1, 0.15) is 12.8 Å². The van der Waals surface area contributed by atoms with Gasteiger partial charge in [-0.1, -0.05) is 21.6 Å². The van der Waals surface area contributed by atoms with Crippen LogP contribution in [0.3, 0.4) is 0 Å². The van der Waals surface area contributed by atoms with E-state index in [-0.39, 0.29) is 36.5 Å². The minimum absolute atomic E-state index is 0.170. The van der Waals surface area contributed by atoms with Gasteiger partial charge in [0.25, 0.3) is 0 Å². The van der Waals surface area contributed by atoms with E-state index in [4.69, 9.17) is 0 Å². The van der Waals surface area contributed by atoms with Crippen LogP contribution in [0.15, 0.2) is 0 Å². The fourth-order valence-corrected chi connectivity index (χ4v) is 4.67. The predicted octanol–water partition coefficient (Wildman–Crippen LogP) is 0.482. The Balaban J connectivity index is 1.60. The molecule has 2 saturated heterocycles. The van der Waals surface area contributed by atoms with Gasteiger partial charge >= 0.3 is 0 Å². The third-order valence-corrected chi connectivity index (χ3v) is 6.49. The first kappa shape index (κ1) is 18.0. The monoisotopic (exact) mass is 380 g/mol. The molecule has 0 N–H and O–H groups in total. The molecule has 6 nitrogen and oxygen atoms in total. The first-order valence-electron chi connectivity index (χ1n) is 6.70. The van der Waals surface area contributed by atoms with E-state index < -0.39 is 10.5 Å². The first-order chi connectivity index (χ1) is 10.4. The van der Waals surface area contributed by atoms with Gasteiger partial charge in [-0.05, 0) is 0 Å². The molecule has 0 spiro atoms. The zero-order valence-corrected chi connectivity index (χ0v) is 15.1. The van der Waals surface area contributed by atoms with Crippen LogP contribution in [-0.4, -0.2) is 68.5 Å². The normalized spacial score (nSPS) is 25.7. The highest BCUT2D eigenvalue weighted by molar-refractivity contribution is 8.76. The van der Waals surface area contributed by atoms with Crippen molar-refractivity contribution in [1.29, 1.82) is 0 Å². The summed E-state index contributed by atoms with van der Waals surface area (Å²) in [4.78, 5) is 48.8. The molecule has 0 aromatic rings. The number of nitrogens with zero attached hydrogens (tertiary/aromatic N) is 2. The average Bonchev–Trinajstić information content (AvgIpc) is 2.84. The zero-order valence-electron chi connectivity index (χ0n) is 11.6. The van der Waals surface area contributed by atoms with Crippen LogP contribution in [0, 0.1) is 0 Å². The van der Waals surface area contributed by atoms with Crippen molar-refractivity contribution in [1.82, 2.24) is 9.80 Å². The molecule has 0 aliphatic carbocycles. The van der Waals surface area contributed by atoms with E-state index in [1.807, 2.05) is 0 Å². The molecule has 2 rings (SSSR count). The number of amides is 4. The van der Waals surface area contributed by atoms with Gasteiger partial charge in [0.1, 0.15) is 0 Å². The van der Waals surface area contributed by atoms with E-state index in [1.165, 1.54) is 31.4 Å². The Morgan fingerprint density at radius 2 is 1.18 bits per heavy atom. The maximum Gasteiger partial charge on any atom is 0.242 e. The Morgan fingerprint density at radius 1 is 0.818 bits per heavy atom. The maximum atomic E-state index is 11.6. The van der Waals surface area contributed by atoms with Crippen molar-refractivity contribution in [3.63, 3.8) is 0 Å². The minimum atomic E-state index is -0.508. The van der Waals surface area contributed by atoms with Crippen LogP contribution >= 0.6 is 46.8 Å². The summed E-state index contributed by atoms with van der Waals surface area (Å²) >= 11 is 8.12. The first-order valence-corrected chi connectivity index (χ1v) is 10.2. The number of hydrogen-bond donors (Lipinski definition) is 2. The Kier molecular flexibility index (Phi) is 6.54. The van der Waals surface area contributed by atoms with E-state index in [0.717, 1.165) is 0 Å². The molecular weight excluding hydrogens is 364 g/mol. The number of carbonyl (C=O) groups excluding carboxylic acids is 4. The molecule has 0 aromatic carbocycles. The molecule has 0 aromatic heterocycles. The van der Waals surface area contributed by atoms with Crippen molar-refractivity contribution >= 4 is 70.5 Å². The molecular formula is C12H16N2O4S4. The van der Waals surface area contributed by atoms with Crippen molar-refractivity contribution in [2.75, 3.05) is 24.6 Å². The van der Waals surface area contributed by atoms with E-state index in [9.17, 15) is 19.2 Å². The summed E-state index contributed by atoms with van der Waals surface area (Å²) in [6.45, 7) is 0.735. The third-order valence-electron chi connectivity index (χ3n) is 3.32. The number of rotatable bonds is 7. The fourth-order valence-electron chi connectivity index (χ4n) is 2.18. The minimum Gasteiger partial charge on any atom is -0.281 e. The molecule has 2 aliphatic heterocycles. The summed E-state index contributed by atoms with van der Waals surface area (Å²) in [6.07, 6.45) is 0.341. The smallest absolute Gasteiger partial charge is 0.242 e. The van der Waals surface area contributed by atoms with Gasteiger partial charge in [-0.2, -0.15) is 25.3 Å². The number of hydrogen-bond acceptors (Lipinski definition) is 8. The summed E-state index contributed by atoms with van der Waals surface area (Å²) in [5.74, 6) is 0.408. The lowest BCUT2D eigenvalue weighted by molar-refractivity contribution is -0.139.